The van der Waals surface area contributed by atoms with Gasteiger partial charge in [-0.2, -0.15) is 0 Å². The molecule has 5 heteroatoms. The fraction of sp³-hybridized carbons (Fsp3) is 0.357. The van der Waals surface area contributed by atoms with Gasteiger partial charge in [-0.1, -0.05) is 12.1 Å². The van der Waals surface area contributed by atoms with E-state index in [0.717, 1.165) is 5.56 Å². The van der Waals surface area contributed by atoms with E-state index in [1.165, 1.54) is 7.11 Å². The first-order valence-corrected chi connectivity index (χ1v) is 5.94. The van der Waals surface area contributed by atoms with Crippen LogP contribution in [0.5, 0.6) is 11.5 Å². The fourth-order valence-electron chi connectivity index (χ4n) is 1.43. The predicted octanol–water partition coefficient (Wildman–Crippen LogP) is 2.32. The molecule has 0 saturated heterocycles. The lowest BCUT2D eigenvalue weighted by molar-refractivity contribution is 0.0914. The van der Waals surface area contributed by atoms with Crippen LogP contribution >= 0.6 is 0 Å². The normalized spacial score (nSPS) is 9.79. The molecule has 0 radical (unpaired) electrons. The quantitative estimate of drug-likeness (QED) is 0.355. The van der Waals surface area contributed by atoms with E-state index in [0.29, 0.717) is 24.3 Å². The van der Waals surface area contributed by atoms with Gasteiger partial charge in [-0.05, 0) is 24.1 Å². The highest BCUT2D eigenvalue weighted by atomic mass is 16.7. The summed E-state index contributed by atoms with van der Waals surface area (Å²) in [5, 5.41) is 8.57. The van der Waals surface area contributed by atoms with Crippen molar-refractivity contribution in [2.24, 2.45) is 0 Å². The number of hydrogen-bond acceptors (Lipinski definition) is 5. The number of aliphatic hydroxyl groups excluding tert-OH is 1. The number of benzene rings is 1. The Hall–Kier alpha value is -2.01. The van der Waals surface area contributed by atoms with Crippen LogP contribution in [0.4, 0.5) is 4.79 Å². The summed E-state index contributed by atoms with van der Waals surface area (Å²) in [6.07, 6.45) is 2.05. The Bertz CT molecular complexity index is 428. The van der Waals surface area contributed by atoms with Crippen LogP contribution < -0.4 is 9.47 Å². The summed E-state index contributed by atoms with van der Waals surface area (Å²) in [7, 11) is 1.50. The topological polar surface area (TPSA) is 65.0 Å². The van der Waals surface area contributed by atoms with Crippen molar-refractivity contribution in [3.8, 4) is 11.5 Å². The van der Waals surface area contributed by atoms with E-state index in [1.54, 1.807) is 18.2 Å². The van der Waals surface area contributed by atoms with Gasteiger partial charge in [0.1, 0.15) is 0 Å². The van der Waals surface area contributed by atoms with Gasteiger partial charge in [0.25, 0.3) is 0 Å². The molecule has 0 fully saturated rings. The first-order valence-electron chi connectivity index (χ1n) is 5.94. The summed E-state index contributed by atoms with van der Waals surface area (Å²) in [5.41, 5.74) is 1.01. The minimum atomic E-state index is -0.816. The number of rotatable bonds is 7. The second-order valence-corrected chi connectivity index (χ2v) is 3.76. The van der Waals surface area contributed by atoms with Crippen molar-refractivity contribution in [2.45, 2.75) is 12.8 Å². The maximum absolute atomic E-state index is 11.4. The SMILES string of the molecule is C=CCc1ccc(OC(=O)OCCCO)c(OC)c1. The van der Waals surface area contributed by atoms with Crippen LogP contribution in [-0.2, 0) is 11.2 Å². The molecule has 0 heterocycles. The molecule has 1 aromatic carbocycles. The molecular weight excluding hydrogens is 248 g/mol. The van der Waals surface area contributed by atoms with Crippen molar-refractivity contribution in [1.82, 2.24) is 0 Å². The number of carbonyl (C=O) groups excluding carboxylic acids is 1. The van der Waals surface area contributed by atoms with E-state index in [2.05, 4.69) is 6.58 Å². The number of ether oxygens (including phenoxy) is 3. The van der Waals surface area contributed by atoms with Crippen LogP contribution in [0.15, 0.2) is 30.9 Å². The minimum Gasteiger partial charge on any atom is -0.493 e. The van der Waals surface area contributed by atoms with Crippen LogP contribution in [-0.4, -0.2) is 31.6 Å². The third kappa shape index (κ3) is 5.01. The second kappa shape index (κ2) is 8.16. The van der Waals surface area contributed by atoms with Gasteiger partial charge in [-0.3, -0.25) is 0 Å². The summed E-state index contributed by atoms with van der Waals surface area (Å²) in [5.74, 6) is 0.753. The van der Waals surface area contributed by atoms with Crippen molar-refractivity contribution in [3.05, 3.63) is 36.4 Å². The summed E-state index contributed by atoms with van der Waals surface area (Å²) in [6.45, 7) is 3.74. The number of aliphatic hydroxyl groups is 1. The van der Waals surface area contributed by atoms with Crippen LogP contribution in [0.1, 0.15) is 12.0 Å². The molecule has 19 heavy (non-hydrogen) atoms. The standard InChI is InChI=1S/C14H18O5/c1-3-5-11-6-7-12(13(10-11)17-2)19-14(16)18-9-4-8-15/h3,6-7,10,15H,1,4-5,8-9H2,2H3. The van der Waals surface area contributed by atoms with Crippen LogP contribution in [0.25, 0.3) is 0 Å². The highest BCUT2D eigenvalue weighted by Gasteiger charge is 2.11. The Morgan fingerprint density at radius 3 is 2.84 bits per heavy atom. The van der Waals surface area contributed by atoms with Crippen molar-refractivity contribution in [2.75, 3.05) is 20.3 Å². The molecule has 0 unspecified atom stereocenters. The minimum absolute atomic E-state index is 0.0349. The predicted molar refractivity (Wildman–Crippen MR) is 70.6 cm³/mol. The number of methoxy groups -OCH3 is 1. The molecule has 0 aromatic heterocycles. The zero-order valence-corrected chi connectivity index (χ0v) is 10.9. The van der Waals surface area contributed by atoms with Gasteiger partial charge in [-0.15, -0.1) is 6.58 Å². The molecule has 0 aliphatic carbocycles. The monoisotopic (exact) mass is 266 g/mol. The van der Waals surface area contributed by atoms with Crippen molar-refractivity contribution in [3.63, 3.8) is 0 Å². The zero-order chi connectivity index (χ0) is 14.1. The molecule has 5 nitrogen and oxygen atoms in total. The first-order chi connectivity index (χ1) is 9.21. The molecule has 1 aromatic rings. The van der Waals surface area contributed by atoms with Crippen LogP contribution in [0.2, 0.25) is 0 Å². The molecule has 0 aliphatic rings. The van der Waals surface area contributed by atoms with Crippen molar-refractivity contribution >= 4 is 6.16 Å². The molecular formula is C14H18O5. The highest BCUT2D eigenvalue weighted by Crippen LogP contribution is 2.28. The average molecular weight is 266 g/mol. The smallest absolute Gasteiger partial charge is 0.493 e. The number of allylic oxidation sites excluding steroid dienone is 1. The molecule has 1 rings (SSSR count). The summed E-state index contributed by atoms with van der Waals surface area (Å²) < 4.78 is 14.9. The van der Waals surface area contributed by atoms with Gasteiger partial charge >= 0.3 is 6.16 Å². The molecule has 104 valence electrons. The average Bonchev–Trinajstić information content (AvgIpc) is 2.41. The van der Waals surface area contributed by atoms with Gasteiger partial charge in [0.05, 0.1) is 13.7 Å². The first kappa shape index (κ1) is 15.0. The molecule has 0 saturated carbocycles. The molecule has 1 N–H and O–H groups in total. The fourth-order valence-corrected chi connectivity index (χ4v) is 1.43. The number of carbonyl (C=O) groups is 1. The summed E-state index contributed by atoms with van der Waals surface area (Å²) >= 11 is 0. The lowest BCUT2D eigenvalue weighted by atomic mass is 10.1. The van der Waals surface area contributed by atoms with Crippen molar-refractivity contribution < 1.29 is 24.1 Å². The molecule has 0 atom stereocenters. The molecule has 0 aliphatic heterocycles. The zero-order valence-electron chi connectivity index (χ0n) is 10.9. The lowest BCUT2D eigenvalue weighted by Gasteiger charge is -2.10. The van der Waals surface area contributed by atoms with Gasteiger partial charge in [0.2, 0.25) is 0 Å². The van der Waals surface area contributed by atoms with E-state index in [4.69, 9.17) is 19.3 Å². The Kier molecular flexibility index (Phi) is 6.46. The van der Waals surface area contributed by atoms with E-state index < -0.39 is 6.16 Å². The molecule has 0 spiro atoms. The Morgan fingerprint density at radius 2 is 2.21 bits per heavy atom. The maximum atomic E-state index is 11.4. The van der Waals surface area contributed by atoms with Gasteiger partial charge < -0.3 is 19.3 Å². The van der Waals surface area contributed by atoms with Gasteiger partial charge in [0, 0.05) is 13.0 Å². The molecule has 0 bridgehead atoms. The summed E-state index contributed by atoms with van der Waals surface area (Å²) in [6, 6.07) is 5.24. The van der Waals surface area contributed by atoms with Crippen LogP contribution in [0.3, 0.4) is 0 Å². The van der Waals surface area contributed by atoms with E-state index in [9.17, 15) is 4.79 Å². The van der Waals surface area contributed by atoms with Gasteiger partial charge in [-0.25, -0.2) is 4.79 Å². The Morgan fingerprint density at radius 1 is 1.42 bits per heavy atom. The Labute approximate surface area is 112 Å². The van der Waals surface area contributed by atoms with E-state index in [-0.39, 0.29) is 13.2 Å². The third-order valence-corrected chi connectivity index (χ3v) is 2.32. The number of hydrogen-bond donors (Lipinski definition) is 1. The van der Waals surface area contributed by atoms with Gasteiger partial charge in [0.15, 0.2) is 11.5 Å². The van der Waals surface area contributed by atoms with E-state index in [1.807, 2.05) is 6.07 Å². The van der Waals surface area contributed by atoms with Crippen molar-refractivity contribution in [1.29, 1.82) is 0 Å². The summed E-state index contributed by atoms with van der Waals surface area (Å²) in [4.78, 5) is 11.4. The largest absolute Gasteiger partial charge is 0.513 e. The van der Waals surface area contributed by atoms with Crippen LogP contribution in [0, 0.1) is 0 Å². The second-order valence-electron chi connectivity index (χ2n) is 3.76. The highest BCUT2D eigenvalue weighted by molar-refractivity contribution is 5.65. The third-order valence-electron chi connectivity index (χ3n) is 2.32. The van der Waals surface area contributed by atoms with E-state index >= 15 is 0 Å². The lowest BCUT2D eigenvalue weighted by Crippen LogP contribution is -2.12. The maximum Gasteiger partial charge on any atom is 0.513 e. The Balaban J connectivity index is 2.66. The molecule has 0 amide bonds.